The fourth-order valence-electron chi connectivity index (χ4n) is 2.04. The molecule has 1 N–H and O–H groups in total. The molecule has 0 saturated heterocycles. The number of anilines is 1. The van der Waals surface area contributed by atoms with E-state index in [2.05, 4.69) is 29.1 Å². The molecule has 0 aromatic carbocycles. The zero-order chi connectivity index (χ0) is 16.2. The lowest BCUT2D eigenvalue weighted by Gasteiger charge is -2.24. The highest BCUT2D eigenvalue weighted by Gasteiger charge is 2.33. The molecular weight excluding hydrogens is 305 g/mol. The second-order valence-corrected chi connectivity index (χ2v) is 5.98. The highest BCUT2D eigenvalue weighted by atomic mass is 35.5. The van der Waals surface area contributed by atoms with E-state index in [4.69, 9.17) is 11.6 Å². The SMILES string of the molecule is CC(C)CC(CN(C)C)Nc1cc(C(F)(F)F)nc(Cl)n1. The van der Waals surface area contributed by atoms with E-state index < -0.39 is 17.2 Å². The zero-order valence-corrected chi connectivity index (χ0v) is 13.3. The van der Waals surface area contributed by atoms with E-state index in [1.807, 2.05) is 19.0 Å². The third-order valence-corrected chi connectivity index (χ3v) is 2.85. The molecule has 0 amide bonds. The molecule has 0 fully saturated rings. The molecule has 21 heavy (non-hydrogen) atoms. The topological polar surface area (TPSA) is 41.0 Å². The van der Waals surface area contributed by atoms with Gasteiger partial charge in [0, 0.05) is 18.7 Å². The lowest BCUT2D eigenvalue weighted by Crippen LogP contribution is -2.34. The molecule has 0 radical (unpaired) electrons. The average Bonchev–Trinajstić information content (AvgIpc) is 2.24. The third kappa shape index (κ3) is 6.48. The molecule has 0 bridgehead atoms. The summed E-state index contributed by atoms with van der Waals surface area (Å²) in [5, 5.41) is 2.60. The average molecular weight is 325 g/mol. The van der Waals surface area contributed by atoms with Crippen molar-refractivity contribution >= 4 is 17.4 Å². The van der Waals surface area contributed by atoms with Crippen molar-refractivity contribution in [2.24, 2.45) is 5.92 Å². The van der Waals surface area contributed by atoms with Crippen molar-refractivity contribution in [3.63, 3.8) is 0 Å². The van der Waals surface area contributed by atoms with E-state index in [0.717, 1.165) is 12.5 Å². The minimum Gasteiger partial charge on any atom is -0.366 e. The predicted octanol–water partition coefficient (Wildman–Crippen LogP) is 3.54. The molecule has 1 heterocycles. The number of hydrogen-bond donors (Lipinski definition) is 1. The largest absolute Gasteiger partial charge is 0.433 e. The molecular formula is C13H20ClF3N4. The van der Waals surface area contributed by atoms with Gasteiger partial charge in [0.1, 0.15) is 5.82 Å². The number of nitrogens with one attached hydrogen (secondary N) is 1. The first kappa shape index (κ1) is 18.0. The van der Waals surface area contributed by atoms with Crippen LogP contribution in [0.3, 0.4) is 0 Å². The molecule has 0 spiro atoms. The minimum absolute atomic E-state index is 0.0212. The van der Waals surface area contributed by atoms with Crippen LogP contribution in [0.2, 0.25) is 5.28 Å². The third-order valence-electron chi connectivity index (χ3n) is 2.68. The standard InChI is InChI=1S/C13H20ClF3N4/c1-8(2)5-9(7-21(3)4)18-11-6-10(13(15,16)17)19-12(14)20-11/h6,8-9H,5,7H2,1-4H3,(H,18,19,20). The first-order valence-corrected chi connectivity index (χ1v) is 6.98. The van der Waals surface area contributed by atoms with E-state index >= 15 is 0 Å². The first-order chi connectivity index (χ1) is 9.57. The highest BCUT2D eigenvalue weighted by Crippen LogP contribution is 2.29. The van der Waals surface area contributed by atoms with E-state index in [1.165, 1.54) is 0 Å². The van der Waals surface area contributed by atoms with E-state index in [0.29, 0.717) is 12.5 Å². The Balaban J connectivity index is 2.95. The van der Waals surface area contributed by atoms with Gasteiger partial charge in [-0.2, -0.15) is 13.2 Å². The molecule has 0 aliphatic heterocycles. The van der Waals surface area contributed by atoms with Crippen LogP contribution >= 0.6 is 11.6 Å². The van der Waals surface area contributed by atoms with Crippen LogP contribution in [0.1, 0.15) is 26.0 Å². The van der Waals surface area contributed by atoms with Gasteiger partial charge in [-0.05, 0) is 38.0 Å². The number of nitrogens with zero attached hydrogens (tertiary/aromatic N) is 3. The Morgan fingerprint density at radius 2 is 1.90 bits per heavy atom. The lowest BCUT2D eigenvalue weighted by molar-refractivity contribution is -0.141. The van der Waals surface area contributed by atoms with Crippen LogP contribution in [-0.2, 0) is 6.18 Å². The van der Waals surface area contributed by atoms with Gasteiger partial charge in [0.15, 0.2) is 5.69 Å². The van der Waals surface area contributed by atoms with Crippen LogP contribution in [0.25, 0.3) is 0 Å². The fourth-order valence-corrected chi connectivity index (χ4v) is 2.22. The van der Waals surface area contributed by atoms with Gasteiger partial charge in [-0.25, -0.2) is 9.97 Å². The Morgan fingerprint density at radius 3 is 2.38 bits per heavy atom. The second-order valence-electron chi connectivity index (χ2n) is 5.64. The fraction of sp³-hybridized carbons (Fsp3) is 0.692. The summed E-state index contributed by atoms with van der Waals surface area (Å²) in [5.41, 5.74) is -1.04. The van der Waals surface area contributed by atoms with Crippen molar-refractivity contribution in [1.29, 1.82) is 0 Å². The zero-order valence-electron chi connectivity index (χ0n) is 12.5. The smallest absolute Gasteiger partial charge is 0.366 e. The van der Waals surface area contributed by atoms with Crippen LogP contribution in [-0.4, -0.2) is 41.5 Å². The number of hydrogen-bond acceptors (Lipinski definition) is 4. The Hall–Kier alpha value is -1.08. The molecule has 1 aromatic rings. The van der Waals surface area contributed by atoms with Crippen molar-refractivity contribution in [2.75, 3.05) is 26.0 Å². The molecule has 1 aromatic heterocycles. The molecule has 4 nitrogen and oxygen atoms in total. The summed E-state index contributed by atoms with van der Waals surface area (Å²) >= 11 is 5.58. The van der Waals surface area contributed by atoms with Gasteiger partial charge >= 0.3 is 6.18 Å². The Bertz CT molecular complexity index is 453. The summed E-state index contributed by atoms with van der Waals surface area (Å²) in [6, 6.07) is 0.863. The summed E-state index contributed by atoms with van der Waals surface area (Å²) in [4.78, 5) is 9.01. The maximum absolute atomic E-state index is 12.7. The van der Waals surface area contributed by atoms with Gasteiger partial charge in [0.05, 0.1) is 0 Å². The van der Waals surface area contributed by atoms with Gasteiger partial charge in [0.2, 0.25) is 5.28 Å². The Kier molecular flexibility index (Phi) is 6.22. The van der Waals surface area contributed by atoms with Crippen molar-refractivity contribution in [3.8, 4) is 0 Å². The maximum Gasteiger partial charge on any atom is 0.433 e. The summed E-state index contributed by atoms with van der Waals surface area (Å²) in [6.45, 7) is 4.79. The van der Waals surface area contributed by atoms with E-state index in [-0.39, 0.29) is 11.9 Å². The summed E-state index contributed by atoms with van der Waals surface area (Å²) in [7, 11) is 3.81. The van der Waals surface area contributed by atoms with Crippen molar-refractivity contribution in [3.05, 3.63) is 17.0 Å². The molecule has 1 unspecified atom stereocenters. The molecule has 8 heteroatoms. The minimum atomic E-state index is -4.54. The van der Waals surface area contributed by atoms with Crippen molar-refractivity contribution in [1.82, 2.24) is 14.9 Å². The van der Waals surface area contributed by atoms with Crippen LogP contribution in [0.5, 0.6) is 0 Å². The van der Waals surface area contributed by atoms with Crippen LogP contribution in [0.15, 0.2) is 6.07 Å². The number of likely N-dealkylation sites (N-methyl/N-ethyl adjacent to an activating group) is 1. The lowest BCUT2D eigenvalue weighted by atomic mass is 10.0. The second kappa shape index (κ2) is 7.26. The summed E-state index contributed by atoms with van der Waals surface area (Å²) in [5.74, 6) is 0.497. The molecule has 1 atom stereocenters. The molecule has 1 rings (SSSR count). The molecule has 0 aliphatic carbocycles. The van der Waals surface area contributed by atoms with Gasteiger partial charge in [-0.3, -0.25) is 0 Å². The number of alkyl halides is 3. The first-order valence-electron chi connectivity index (χ1n) is 6.61. The highest BCUT2D eigenvalue weighted by molar-refractivity contribution is 6.28. The van der Waals surface area contributed by atoms with E-state index in [9.17, 15) is 13.2 Å². The molecule has 0 aliphatic rings. The quantitative estimate of drug-likeness (QED) is 0.813. The Labute approximate surface area is 127 Å². The molecule has 0 saturated carbocycles. The van der Waals surface area contributed by atoms with Crippen LogP contribution < -0.4 is 5.32 Å². The maximum atomic E-state index is 12.7. The van der Waals surface area contributed by atoms with Gasteiger partial charge in [-0.15, -0.1) is 0 Å². The number of halogens is 4. The van der Waals surface area contributed by atoms with Gasteiger partial charge in [0.25, 0.3) is 0 Å². The normalized spacial score (nSPS) is 13.8. The van der Waals surface area contributed by atoms with Gasteiger partial charge in [-0.1, -0.05) is 13.8 Å². The number of rotatable bonds is 6. The Morgan fingerprint density at radius 1 is 1.29 bits per heavy atom. The summed E-state index contributed by atoms with van der Waals surface area (Å²) < 4.78 is 38.2. The number of aromatic nitrogens is 2. The molecule has 120 valence electrons. The monoisotopic (exact) mass is 324 g/mol. The van der Waals surface area contributed by atoms with Crippen LogP contribution in [0.4, 0.5) is 19.0 Å². The summed E-state index contributed by atoms with van der Waals surface area (Å²) in [6.07, 6.45) is -3.74. The van der Waals surface area contributed by atoms with Crippen molar-refractivity contribution < 1.29 is 13.2 Å². The van der Waals surface area contributed by atoms with Crippen molar-refractivity contribution in [2.45, 2.75) is 32.5 Å². The predicted molar refractivity (Wildman–Crippen MR) is 77.5 cm³/mol. The van der Waals surface area contributed by atoms with Gasteiger partial charge < -0.3 is 10.2 Å². The van der Waals surface area contributed by atoms with E-state index in [1.54, 1.807) is 0 Å². The van der Waals surface area contributed by atoms with Crippen LogP contribution in [0, 0.1) is 5.92 Å².